The van der Waals surface area contributed by atoms with Gasteiger partial charge in [0.25, 0.3) is 0 Å². The minimum absolute atomic E-state index is 0.120. The van der Waals surface area contributed by atoms with E-state index in [1.165, 1.54) is 121 Å². The highest BCUT2D eigenvalue weighted by molar-refractivity contribution is 9.11. The van der Waals surface area contributed by atoms with E-state index >= 15 is 0 Å². The number of para-hydroxylation sites is 4. The predicted octanol–water partition coefficient (Wildman–Crippen LogP) is 21.7. The number of benzene rings is 10. The van der Waals surface area contributed by atoms with E-state index in [2.05, 4.69) is 233 Å². The van der Waals surface area contributed by atoms with Crippen LogP contribution in [0.5, 0.6) is 0 Å². The Bertz CT molecular complexity index is 4800. The lowest BCUT2D eigenvalue weighted by Crippen LogP contribution is -2.17. The van der Waals surface area contributed by atoms with Crippen LogP contribution in [-0.4, -0.2) is 0 Å². The maximum absolute atomic E-state index is 6.41. The van der Waals surface area contributed by atoms with Gasteiger partial charge >= 0.3 is 0 Å². The molecule has 4 aliphatic rings. The summed E-state index contributed by atoms with van der Waals surface area (Å²) in [6, 6.07) is 57.1. The Kier molecular flexibility index (Phi) is 8.57. The molecule has 0 unspecified atom stereocenters. The fraction of sp³-hybridized carbons (Fsp3) is 0.167. The van der Waals surface area contributed by atoms with E-state index in [0.717, 1.165) is 64.4 Å². The molecule has 0 radical (unpaired) electrons. The van der Waals surface area contributed by atoms with Crippen LogP contribution < -0.4 is 0 Å². The first-order valence-corrected chi connectivity index (χ1v) is 28.7. The molecule has 376 valence electrons. The molecule has 18 rings (SSSR count). The Hall–Kier alpha value is -7.64. The van der Waals surface area contributed by atoms with Gasteiger partial charge in [-0.2, -0.15) is 0 Å². The van der Waals surface area contributed by atoms with Gasteiger partial charge in [-0.25, -0.2) is 0 Å². The molecule has 0 atom stereocenters. The van der Waals surface area contributed by atoms with Gasteiger partial charge in [-0.05, 0) is 194 Å². The lowest BCUT2D eigenvalue weighted by molar-refractivity contribution is 0.648. The van der Waals surface area contributed by atoms with Crippen molar-refractivity contribution in [3.63, 3.8) is 0 Å². The zero-order valence-corrected chi connectivity index (χ0v) is 47.6. The summed E-state index contributed by atoms with van der Waals surface area (Å²) in [7, 11) is 0. The van der Waals surface area contributed by atoms with Crippen LogP contribution in [0.15, 0.2) is 184 Å². The van der Waals surface area contributed by atoms with E-state index in [4.69, 9.17) is 17.7 Å². The molecule has 0 saturated carbocycles. The van der Waals surface area contributed by atoms with Crippen molar-refractivity contribution in [3.8, 4) is 44.5 Å². The first kappa shape index (κ1) is 45.4. The second-order valence-electron chi connectivity index (χ2n) is 24.5. The molecule has 0 amide bonds. The summed E-state index contributed by atoms with van der Waals surface area (Å²) < 4.78 is 27.5. The molecule has 4 aromatic heterocycles. The molecule has 0 saturated heterocycles. The van der Waals surface area contributed by atoms with Crippen molar-refractivity contribution < 1.29 is 17.7 Å². The highest BCUT2D eigenvalue weighted by Gasteiger charge is 2.46. The van der Waals surface area contributed by atoms with Crippen LogP contribution in [0.3, 0.4) is 0 Å². The Morgan fingerprint density at radius 3 is 0.897 bits per heavy atom. The van der Waals surface area contributed by atoms with E-state index in [-0.39, 0.29) is 21.7 Å². The van der Waals surface area contributed by atoms with Gasteiger partial charge in [-0.1, -0.05) is 140 Å². The summed E-state index contributed by atoms with van der Waals surface area (Å²) in [5.74, 6) is 0. The van der Waals surface area contributed by atoms with Gasteiger partial charge in [-0.3, -0.25) is 0 Å². The zero-order chi connectivity index (χ0) is 52.8. The zero-order valence-electron chi connectivity index (χ0n) is 44.4. The first-order chi connectivity index (χ1) is 37.5. The topological polar surface area (TPSA) is 52.6 Å². The van der Waals surface area contributed by atoms with Gasteiger partial charge in [0.2, 0.25) is 0 Å². The highest BCUT2D eigenvalue weighted by atomic mass is 79.9. The van der Waals surface area contributed by atoms with Crippen LogP contribution in [0.1, 0.15) is 99.9 Å². The van der Waals surface area contributed by atoms with Gasteiger partial charge < -0.3 is 17.7 Å². The van der Waals surface area contributed by atoms with Crippen LogP contribution in [-0.2, 0) is 21.7 Å². The van der Waals surface area contributed by atoms with E-state index in [0.29, 0.717) is 0 Å². The lowest BCUT2D eigenvalue weighted by Gasteiger charge is -2.24. The van der Waals surface area contributed by atoms with Crippen molar-refractivity contribution >= 4 is 120 Å². The second kappa shape index (κ2) is 14.7. The first-order valence-electron chi connectivity index (χ1n) is 27.1. The quantitative estimate of drug-likeness (QED) is 0.152. The predicted molar refractivity (Wildman–Crippen MR) is 328 cm³/mol. The molecule has 4 nitrogen and oxygen atoms in total. The third kappa shape index (κ3) is 5.46. The summed E-state index contributed by atoms with van der Waals surface area (Å²) in [6.07, 6.45) is 0. The van der Waals surface area contributed by atoms with E-state index in [1.54, 1.807) is 0 Å². The SMILES string of the molecule is CC1(C)c2cc3c(cc2-c2c1cc(Br)c1oc4ccccc4c21)C(C)(C)c1cc(Br)c2oc4ccccc4c2c1-3.CC1(C)c2cc3c(cc2-c2c1ccc1oc4ccccc4c21)C(C)(C)c1ccc2oc4ccccc4c2c1-3. The Morgan fingerprint density at radius 1 is 0.269 bits per heavy atom. The molecule has 0 bridgehead atoms. The highest BCUT2D eigenvalue weighted by Crippen LogP contribution is 2.63. The molecule has 6 heteroatoms. The number of furan rings is 4. The minimum atomic E-state index is -0.172. The summed E-state index contributed by atoms with van der Waals surface area (Å²) in [5.41, 5.74) is 28.4. The van der Waals surface area contributed by atoms with E-state index in [9.17, 15) is 0 Å². The molecule has 4 aliphatic carbocycles. The Balaban J connectivity index is 0.000000126. The molecule has 4 heterocycles. The fourth-order valence-corrected chi connectivity index (χ4v) is 16.2. The largest absolute Gasteiger partial charge is 0.456 e. The van der Waals surface area contributed by atoms with Crippen molar-refractivity contribution in [2.45, 2.75) is 77.0 Å². The Labute approximate surface area is 466 Å². The van der Waals surface area contributed by atoms with Gasteiger partial charge in [0, 0.05) is 64.7 Å². The normalized spacial score (nSPS) is 16.2. The van der Waals surface area contributed by atoms with Gasteiger partial charge in [0.1, 0.15) is 44.7 Å². The van der Waals surface area contributed by atoms with Crippen LogP contribution in [0.25, 0.3) is 132 Å². The summed E-state index contributed by atoms with van der Waals surface area (Å²) in [4.78, 5) is 0. The number of rotatable bonds is 0. The monoisotopic (exact) mass is 1140 g/mol. The number of fused-ring (bicyclic) bond motifs is 28. The third-order valence-corrected chi connectivity index (χ3v) is 20.2. The average Bonchev–Trinajstić information content (AvgIpc) is 4.25. The maximum atomic E-state index is 6.41. The van der Waals surface area contributed by atoms with Crippen LogP contribution >= 0.6 is 31.9 Å². The van der Waals surface area contributed by atoms with Crippen molar-refractivity contribution in [3.05, 3.63) is 211 Å². The summed E-state index contributed by atoms with van der Waals surface area (Å²) in [5, 5.41) is 9.59. The maximum Gasteiger partial charge on any atom is 0.150 e. The minimum Gasteiger partial charge on any atom is -0.456 e. The van der Waals surface area contributed by atoms with Crippen LogP contribution in [0.4, 0.5) is 0 Å². The van der Waals surface area contributed by atoms with Gasteiger partial charge in [-0.15, -0.1) is 0 Å². The smallest absolute Gasteiger partial charge is 0.150 e. The fourth-order valence-electron chi connectivity index (χ4n) is 15.2. The molecule has 78 heavy (non-hydrogen) atoms. The molecule has 0 N–H and O–H groups in total. The second-order valence-corrected chi connectivity index (χ2v) is 26.2. The van der Waals surface area contributed by atoms with Crippen molar-refractivity contribution in [2.24, 2.45) is 0 Å². The van der Waals surface area contributed by atoms with Crippen molar-refractivity contribution in [1.29, 1.82) is 0 Å². The number of hydrogen-bond acceptors (Lipinski definition) is 4. The molecule has 10 aromatic carbocycles. The molecule has 14 aromatic rings. The van der Waals surface area contributed by atoms with Gasteiger partial charge in [0.15, 0.2) is 0 Å². The van der Waals surface area contributed by atoms with Gasteiger partial charge in [0.05, 0.1) is 8.95 Å². The van der Waals surface area contributed by atoms with Crippen molar-refractivity contribution in [2.75, 3.05) is 0 Å². The molecule has 0 aliphatic heterocycles. The standard InChI is InChI=1S/C36H24Br2O2.C36H26O2/c1-35(2)21-13-20-22(14-19(21)29-23(35)15-25(37)33-31(29)17-9-5-7-11-27(17)39-33)36(3,4)24-16-26(38)34-32(30(20)24)18-10-6-8-12-28(18)40-34;1-35(2)23-13-15-29-33(19-9-5-7-11-27(19)37-29)31(23)21-18-26-22(17-25(21)35)32-24(36(26,3)4)14-16-30-34(32)20-10-6-8-12-28(20)38-30/h5-16H,1-4H3;5-18H,1-4H3. The van der Waals surface area contributed by atoms with E-state index in [1.807, 2.05) is 12.1 Å². The van der Waals surface area contributed by atoms with E-state index < -0.39 is 0 Å². The lowest BCUT2D eigenvalue weighted by atomic mass is 9.79. The molecular formula is C72H50Br2O4. The Morgan fingerprint density at radius 2 is 0.551 bits per heavy atom. The molecule has 0 spiro atoms. The molecule has 0 fully saturated rings. The number of hydrogen-bond donors (Lipinski definition) is 0. The average molecular weight is 1140 g/mol. The summed E-state index contributed by atoms with van der Waals surface area (Å²) in [6.45, 7) is 18.9. The summed E-state index contributed by atoms with van der Waals surface area (Å²) >= 11 is 7.72. The third-order valence-electron chi connectivity index (χ3n) is 19.1. The van der Waals surface area contributed by atoms with Crippen LogP contribution in [0.2, 0.25) is 0 Å². The van der Waals surface area contributed by atoms with Crippen molar-refractivity contribution in [1.82, 2.24) is 0 Å². The number of halogens is 2. The van der Waals surface area contributed by atoms with Crippen LogP contribution in [0, 0.1) is 0 Å². The molecular weight excluding hydrogens is 1090 g/mol.